The lowest BCUT2D eigenvalue weighted by atomic mass is 10.1. The van der Waals surface area contributed by atoms with E-state index in [0.29, 0.717) is 0 Å². The normalized spacial score (nSPS) is 20.3. The first-order valence-corrected chi connectivity index (χ1v) is 7.49. The van der Waals surface area contributed by atoms with E-state index in [0.717, 1.165) is 45.0 Å². The third-order valence-corrected chi connectivity index (χ3v) is 4.11. The third-order valence-electron chi connectivity index (χ3n) is 3.65. The predicted molar refractivity (Wildman–Crippen MR) is 76.1 cm³/mol. The maximum Gasteiger partial charge on any atom is 0.127 e. The second-order valence-corrected chi connectivity index (χ2v) is 5.95. The SMILES string of the molecule is Brc1cc2c(c(CN3CCCNCC3)c1)OCC2. The summed E-state index contributed by atoms with van der Waals surface area (Å²) in [5, 5.41) is 3.44. The van der Waals surface area contributed by atoms with Gasteiger partial charge in [0.25, 0.3) is 0 Å². The Morgan fingerprint density at radius 3 is 3.17 bits per heavy atom. The van der Waals surface area contributed by atoms with Crippen molar-refractivity contribution in [3.05, 3.63) is 27.7 Å². The van der Waals surface area contributed by atoms with Crippen LogP contribution in [0.25, 0.3) is 0 Å². The lowest BCUT2D eigenvalue weighted by Gasteiger charge is -2.21. The minimum absolute atomic E-state index is 0.834. The molecule has 18 heavy (non-hydrogen) atoms. The van der Waals surface area contributed by atoms with Gasteiger partial charge in [0.1, 0.15) is 5.75 Å². The highest BCUT2D eigenvalue weighted by atomic mass is 79.9. The van der Waals surface area contributed by atoms with Crippen LogP contribution >= 0.6 is 15.9 Å². The largest absolute Gasteiger partial charge is 0.493 e. The van der Waals surface area contributed by atoms with Crippen LogP contribution in [0.4, 0.5) is 0 Å². The van der Waals surface area contributed by atoms with Crippen LogP contribution in [0.15, 0.2) is 16.6 Å². The molecule has 2 aliphatic rings. The van der Waals surface area contributed by atoms with Gasteiger partial charge in [-0.15, -0.1) is 0 Å². The molecule has 1 fully saturated rings. The first-order chi connectivity index (χ1) is 8.83. The zero-order chi connectivity index (χ0) is 12.4. The molecule has 0 saturated carbocycles. The molecule has 0 amide bonds. The highest BCUT2D eigenvalue weighted by Crippen LogP contribution is 2.33. The molecule has 0 aromatic heterocycles. The summed E-state index contributed by atoms with van der Waals surface area (Å²) in [4.78, 5) is 2.52. The Labute approximate surface area is 117 Å². The summed E-state index contributed by atoms with van der Waals surface area (Å²) < 4.78 is 6.97. The number of ether oxygens (including phenoxy) is 1. The number of benzene rings is 1. The topological polar surface area (TPSA) is 24.5 Å². The highest BCUT2D eigenvalue weighted by molar-refractivity contribution is 9.10. The van der Waals surface area contributed by atoms with Gasteiger partial charge in [0.2, 0.25) is 0 Å². The Morgan fingerprint density at radius 1 is 1.28 bits per heavy atom. The molecule has 0 bridgehead atoms. The molecule has 2 heterocycles. The first kappa shape index (κ1) is 12.5. The van der Waals surface area contributed by atoms with Crippen molar-refractivity contribution in [2.24, 2.45) is 0 Å². The van der Waals surface area contributed by atoms with Gasteiger partial charge in [0.05, 0.1) is 6.61 Å². The monoisotopic (exact) mass is 310 g/mol. The van der Waals surface area contributed by atoms with Crippen molar-refractivity contribution >= 4 is 15.9 Å². The van der Waals surface area contributed by atoms with Gasteiger partial charge in [0.15, 0.2) is 0 Å². The van der Waals surface area contributed by atoms with Gasteiger partial charge >= 0.3 is 0 Å². The molecule has 2 aliphatic heterocycles. The van der Waals surface area contributed by atoms with Gasteiger partial charge in [-0.25, -0.2) is 0 Å². The number of hydrogen-bond donors (Lipinski definition) is 1. The number of rotatable bonds is 2. The Balaban J connectivity index is 1.79. The summed E-state index contributed by atoms with van der Waals surface area (Å²) in [5.74, 6) is 1.13. The van der Waals surface area contributed by atoms with E-state index in [1.165, 1.54) is 28.6 Å². The molecule has 1 aromatic rings. The molecule has 3 rings (SSSR count). The maximum absolute atomic E-state index is 5.79. The number of halogens is 1. The van der Waals surface area contributed by atoms with Crippen LogP contribution < -0.4 is 10.1 Å². The lowest BCUT2D eigenvalue weighted by molar-refractivity contribution is 0.276. The average molecular weight is 311 g/mol. The van der Waals surface area contributed by atoms with Crippen molar-refractivity contribution in [1.82, 2.24) is 10.2 Å². The van der Waals surface area contributed by atoms with Crippen LogP contribution in [0.5, 0.6) is 5.75 Å². The lowest BCUT2D eigenvalue weighted by Crippen LogP contribution is -2.27. The number of hydrogen-bond acceptors (Lipinski definition) is 3. The molecule has 3 nitrogen and oxygen atoms in total. The average Bonchev–Trinajstić information content (AvgIpc) is 2.66. The van der Waals surface area contributed by atoms with Crippen LogP contribution in [0.2, 0.25) is 0 Å². The Hall–Kier alpha value is -0.580. The fraction of sp³-hybridized carbons (Fsp3) is 0.571. The molecule has 0 radical (unpaired) electrons. The van der Waals surface area contributed by atoms with Crippen LogP contribution in [-0.4, -0.2) is 37.7 Å². The van der Waals surface area contributed by atoms with Crippen molar-refractivity contribution in [2.75, 3.05) is 32.8 Å². The first-order valence-electron chi connectivity index (χ1n) is 6.70. The predicted octanol–water partition coefficient (Wildman–Crippen LogP) is 2.18. The van der Waals surface area contributed by atoms with Gasteiger partial charge in [-0.05, 0) is 37.2 Å². The van der Waals surface area contributed by atoms with E-state index < -0.39 is 0 Å². The zero-order valence-corrected chi connectivity index (χ0v) is 12.1. The van der Waals surface area contributed by atoms with Gasteiger partial charge in [-0.3, -0.25) is 4.90 Å². The maximum atomic E-state index is 5.79. The summed E-state index contributed by atoms with van der Waals surface area (Å²) in [7, 11) is 0. The minimum atomic E-state index is 0.834. The molecule has 1 saturated heterocycles. The summed E-state index contributed by atoms with van der Waals surface area (Å²) in [6.45, 7) is 6.38. The Kier molecular flexibility index (Phi) is 3.87. The van der Waals surface area contributed by atoms with Gasteiger partial charge in [-0.2, -0.15) is 0 Å². The van der Waals surface area contributed by atoms with E-state index in [1.807, 2.05) is 0 Å². The van der Waals surface area contributed by atoms with E-state index in [4.69, 9.17) is 4.74 Å². The number of nitrogens with one attached hydrogen (secondary N) is 1. The molecule has 0 atom stereocenters. The molecule has 98 valence electrons. The second kappa shape index (κ2) is 5.59. The van der Waals surface area contributed by atoms with Crippen molar-refractivity contribution in [1.29, 1.82) is 0 Å². The third kappa shape index (κ3) is 2.71. The van der Waals surface area contributed by atoms with Crippen molar-refractivity contribution < 1.29 is 4.74 Å². The number of nitrogens with zero attached hydrogens (tertiary/aromatic N) is 1. The Bertz CT molecular complexity index is 428. The van der Waals surface area contributed by atoms with Gasteiger partial charge < -0.3 is 10.1 Å². The van der Waals surface area contributed by atoms with Crippen LogP contribution in [0.3, 0.4) is 0 Å². The fourth-order valence-corrected chi connectivity index (χ4v) is 3.32. The minimum Gasteiger partial charge on any atom is -0.493 e. The van der Waals surface area contributed by atoms with E-state index in [2.05, 4.69) is 38.3 Å². The van der Waals surface area contributed by atoms with E-state index in [-0.39, 0.29) is 0 Å². The summed E-state index contributed by atoms with van der Waals surface area (Å²) in [5.41, 5.74) is 2.69. The molecule has 4 heteroatoms. The molecular formula is C14H19BrN2O. The van der Waals surface area contributed by atoms with Crippen molar-refractivity contribution in [2.45, 2.75) is 19.4 Å². The molecule has 0 spiro atoms. The molecule has 0 unspecified atom stereocenters. The zero-order valence-electron chi connectivity index (χ0n) is 10.5. The molecule has 0 aliphatic carbocycles. The van der Waals surface area contributed by atoms with Crippen LogP contribution in [0, 0.1) is 0 Å². The Morgan fingerprint density at radius 2 is 2.22 bits per heavy atom. The van der Waals surface area contributed by atoms with Crippen molar-refractivity contribution in [3.8, 4) is 5.75 Å². The summed E-state index contributed by atoms with van der Waals surface area (Å²) in [6.07, 6.45) is 2.28. The molecule has 1 aromatic carbocycles. The molecule has 1 N–H and O–H groups in total. The van der Waals surface area contributed by atoms with E-state index in [1.54, 1.807) is 0 Å². The summed E-state index contributed by atoms with van der Waals surface area (Å²) >= 11 is 3.61. The van der Waals surface area contributed by atoms with E-state index >= 15 is 0 Å². The molecular weight excluding hydrogens is 292 g/mol. The smallest absolute Gasteiger partial charge is 0.127 e. The van der Waals surface area contributed by atoms with Gasteiger partial charge in [0, 0.05) is 36.1 Å². The highest BCUT2D eigenvalue weighted by Gasteiger charge is 2.19. The van der Waals surface area contributed by atoms with E-state index in [9.17, 15) is 0 Å². The van der Waals surface area contributed by atoms with Crippen molar-refractivity contribution in [3.63, 3.8) is 0 Å². The summed E-state index contributed by atoms with van der Waals surface area (Å²) in [6, 6.07) is 4.40. The van der Waals surface area contributed by atoms with Crippen LogP contribution in [-0.2, 0) is 13.0 Å². The number of fused-ring (bicyclic) bond motifs is 1. The fourth-order valence-electron chi connectivity index (χ4n) is 2.76. The second-order valence-electron chi connectivity index (χ2n) is 5.03. The van der Waals surface area contributed by atoms with Gasteiger partial charge in [-0.1, -0.05) is 15.9 Å². The van der Waals surface area contributed by atoms with Crippen LogP contribution in [0.1, 0.15) is 17.5 Å². The standard InChI is InChI=1S/C14H19BrN2O/c15-13-8-11-2-7-18-14(11)12(9-13)10-17-5-1-3-16-4-6-17/h8-9,16H,1-7,10H2. The quantitative estimate of drug-likeness (QED) is 0.906.